The summed E-state index contributed by atoms with van der Waals surface area (Å²) < 4.78 is 0. The second-order valence-electron chi connectivity index (χ2n) is 5.54. The molecule has 4 heteroatoms. The summed E-state index contributed by atoms with van der Waals surface area (Å²) in [7, 11) is 0. The Bertz CT molecular complexity index is 427. The Morgan fingerprint density at radius 3 is 2.19 bits per heavy atom. The van der Waals surface area contributed by atoms with Crippen LogP contribution in [0.25, 0.3) is 0 Å². The summed E-state index contributed by atoms with van der Waals surface area (Å²) in [4.78, 5) is 11.8. The molecule has 0 aliphatic heterocycles. The Labute approximate surface area is 130 Å². The van der Waals surface area contributed by atoms with Crippen molar-refractivity contribution in [3.63, 3.8) is 0 Å². The molecule has 0 bridgehead atoms. The highest BCUT2D eigenvalue weighted by Crippen LogP contribution is 2.25. The van der Waals surface area contributed by atoms with Gasteiger partial charge in [0, 0.05) is 31.6 Å². The molecular formula is C17H32N4. The number of anilines is 2. The number of rotatable bonds is 9. The first-order chi connectivity index (χ1) is 10.1. The van der Waals surface area contributed by atoms with E-state index in [0.29, 0.717) is 0 Å². The Hall–Kier alpha value is -1.32. The van der Waals surface area contributed by atoms with Crippen LogP contribution in [0.1, 0.15) is 58.8 Å². The second kappa shape index (κ2) is 8.85. The molecule has 0 aliphatic rings. The molecule has 0 spiro atoms. The number of hydrogen-bond donors (Lipinski definition) is 1. The van der Waals surface area contributed by atoms with Crippen molar-refractivity contribution in [2.75, 3.05) is 29.9 Å². The highest BCUT2D eigenvalue weighted by Gasteiger charge is 2.17. The normalized spacial score (nSPS) is 11.0. The van der Waals surface area contributed by atoms with Gasteiger partial charge in [-0.15, -0.1) is 0 Å². The summed E-state index contributed by atoms with van der Waals surface area (Å²) in [6, 6.07) is 0. The molecule has 1 aromatic heterocycles. The third kappa shape index (κ3) is 4.58. The van der Waals surface area contributed by atoms with Crippen molar-refractivity contribution in [2.24, 2.45) is 5.92 Å². The third-order valence-electron chi connectivity index (χ3n) is 4.14. The first-order valence-corrected chi connectivity index (χ1v) is 8.47. The van der Waals surface area contributed by atoms with Gasteiger partial charge in [0.15, 0.2) is 0 Å². The largest absolute Gasteiger partial charge is 0.370 e. The van der Waals surface area contributed by atoms with Crippen molar-refractivity contribution >= 4 is 11.6 Å². The molecule has 1 N–H and O–H groups in total. The minimum absolute atomic E-state index is 0.729. The predicted octanol–water partition coefficient (Wildman–Crippen LogP) is 4.04. The molecule has 0 radical (unpaired) electrons. The Balaban J connectivity index is 3.14. The van der Waals surface area contributed by atoms with Crippen molar-refractivity contribution in [1.82, 2.24) is 9.97 Å². The number of hydrogen-bond acceptors (Lipinski definition) is 4. The molecular weight excluding hydrogens is 260 g/mol. The van der Waals surface area contributed by atoms with Gasteiger partial charge in [-0.2, -0.15) is 0 Å². The predicted molar refractivity (Wildman–Crippen MR) is 92.3 cm³/mol. The van der Waals surface area contributed by atoms with Crippen LogP contribution in [0.5, 0.6) is 0 Å². The van der Waals surface area contributed by atoms with Gasteiger partial charge in [0.2, 0.25) is 0 Å². The van der Waals surface area contributed by atoms with E-state index in [1.807, 2.05) is 0 Å². The Kier molecular flexibility index (Phi) is 7.48. The van der Waals surface area contributed by atoms with Gasteiger partial charge in [-0.25, -0.2) is 9.97 Å². The molecule has 1 heterocycles. The monoisotopic (exact) mass is 292 g/mol. The van der Waals surface area contributed by atoms with Gasteiger partial charge in [0.1, 0.15) is 17.5 Å². The van der Waals surface area contributed by atoms with Crippen LogP contribution in [0.4, 0.5) is 11.6 Å². The lowest BCUT2D eigenvalue weighted by Crippen LogP contribution is -2.31. The van der Waals surface area contributed by atoms with Gasteiger partial charge >= 0.3 is 0 Å². The van der Waals surface area contributed by atoms with Gasteiger partial charge < -0.3 is 10.2 Å². The van der Waals surface area contributed by atoms with E-state index in [1.165, 1.54) is 18.4 Å². The number of aryl methyl sites for hydroxylation is 1. The van der Waals surface area contributed by atoms with Crippen molar-refractivity contribution in [3.05, 3.63) is 11.4 Å². The lowest BCUT2D eigenvalue weighted by Gasteiger charge is -2.28. The summed E-state index contributed by atoms with van der Waals surface area (Å²) in [6.45, 7) is 16.1. The zero-order valence-electron chi connectivity index (χ0n) is 14.7. The molecule has 1 aromatic rings. The molecule has 1 rings (SSSR count). The average molecular weight is 292 g/mol. The maximum atomic E-state index is 4.80. The zero-order valence-corrected chi connectivity index (χ0v) is 14.7. The van der Waals surface area contributed by atoms with Gasteiger partial charge in [-0.1, -0.05) is 33.6 Å². The van der Waals surface area contributed by atoms with Crippen molar-refractivity contribution in [3.8, 4) is 0 Å². The topological polar surface area (TPSA) is 41.1 Å². The smallest absolute Gasteiger partial charge is 0.137 e. The molecule has 0 unspecified atom stereocenters. The first-order valence-electron chi connectivity index (χ1n) is 8.47. The van der Waals surface area contributed by atoms with Crippen LogP contribution in [-0.4, -0.2) is 29.6 Å². The van der Waals surface area contributed by atoms with Crippen LogP contribution in [-0.2, 0) is 6.42 Å². The molecule has 0 saturated carbocycles. The number of nitrogens with zero attached hydrogens (tertiary/aromatic N) is 3. The summed E-state index contributed by atoms with van der Waals surface area (Å²) in [6.07, 6.45) is 3.31. The van der Waals surface area contributed by atoms with E-state index in [9.17, 15) is 0 Å². The van der Waals surface area contributed by atoms with Crippen LogP contribution in [0, 0.1) is 12.8 Å². The van der Waals surface area contributed by atoms with Crippen LogP contribution in [0.2, 0.25) is 0 Å². The highest BCUT2D eigenvalue weighted by molar-refractivity contribution is 5.58. The third-order valence-corrected chi connectivity index (χ3v) is 4.14. The molecule has 0 saturated heterocycles. The fourth-order valence-corrected chi connectivity index (χ4v) is 2.58. The average Bonchev–Trinajstić information content (AvgIpc) is 2.51. The maximum absolute atomic E-state index is 4.80. The van der Waals surface area contributed by atoms with E-state index in [1.54, 1.807) is 0 Å². The zero-order chi connectivity index (χ0) is 15.8. The van der Waals surface area contributed by atoms with Gasteiger partial charge in [0.25, 0.3) is 0 Å². The van der Waals surface area contributed by atoms with E-state index in [0.717, 1.165) is 49.4 Å². The standard InChI is InChI=1S/C17H32N4/c1-7-14(8-2)12-21(11-5)17-13(6)16(18-10-4)19-15(9-3)20-17/h14H,7-12H2,1-6H3,(H,18,19,20). The molecule has 0 atom stereocenters. The second-order valence-corrected chi connectivity index (χ2v) is 5.54. The van der Waals surface area contributed by atoms with Crippen LogP contribution < -0.4 is 10.2 Å². The van der Waals surface area contributed by atoms with Gasteiger partial charge in [-0.3, -0.25) is 0 Å². The lowest BCUT2D eigenvalue weighted by atomic mass is 10.0. The van der Waals surface area contributed by atoms with E-state index in [4.69, 9.17) is 4.98 Å². The molecule has 0 amide bonds. The lowest BCUT2D eigenvalue weighted by molar-refractivity contribution is 0.484. The van der Waals surface area contributed by atoms with Crippen molar-refractivity contribution in [2.45, 2.75) is 60.8 Å². The first kappa shape index (κ1) is 17.7. The fourth-order valence-electron chi connectivity index (χ4n) is 2.58. The van der Waals surface area contributed by atoms with E-state index in [-0.39, 0.29) is 0 Å². The van der Waals surface area contributed by atoms with E-state index >= 15 is 0 Å². The Morgan fingerprint density at radius 2 is 1.71 bits per heavy atom. The van der Waals surface area contributed by atoms with Crippen LogP contribution in [0.15, 0.2) is 0 Å². The molecule has 0 aromatic carbocycles. The molecule has 0 fully saturated rings. The van der Waals surface area contributed by atoms with Crippen LogP contribution >= 0.6 is 0 Å². The molecule has 21 heavy (non-hydrogen) atoms. The van der Waals surface area contributed by atoms with Gasteiger partial charge in [0.05, 0.1) is 0 Å². The van der Waals surface area contributed by atoms with E-state index < -0.39 is 0 Å². The Morgan fingerprint density at radius 1 is 1.05 bits per heavy atom. The molecule has 120 valence electrons. The van der Waals surface area contributed by atoms with E-state index in [2.05, 4.69) is 56.7 Å². The minimum atomic E-state index is 0.729. The summed E-state index contributed by atoms with van der Waals surface area (Å²) >= 11 is 0. The maximum Gasteiger partial charge on any atom is 0.137 e. The van der Waals surface area contributed by atoms with Gasteiger partial charge in [-0.05, 0) is 26.7 Å². The molecule has 0 aliphatic carbocycles. The number of nitrogens with one attached hydrogen (secondary N) is 1. The van der Waals surface area contributed by atoms with Crippen molar-refractivity contribution < 1.29 is 0 Å². The highest BCUT2D eigenvalue weighted by atomic mass is 15.2. The quantitative estimate of drug-likeness (QED) is 0.745. The summed E-state index contributed by atoms with van der Waals surface area (Å²) in [5, 5.41) is 3.37. The fraction of sp³-hybridized carbons (Fsp3) is 0.765. The van der Waals surface area contributed by atoms with Crippen LogP contribution in [0.3, 0.4) is 0 Å². The number of aromatic nitrogens is 2. The summed E-state index contributed by atoms with van der Waals surface area (Å²) in [5.41, 5.74) is 1.17. The summed E-state index contributed by atoms with van der Waals surface area (Å²) in [5.74, 6) is 3.75. The molecule has 4 nitrogen and oxygen atoms in total. The minimum Gasteiger partial charge on any atom is -0.370 e. The van der Waals surface area contributed by atoms with Crippen molar-refractivity contribution in [1.29, 1.82) is 0 Å². The SMILES string of the molecule is CCNc1nc(CC)nc(N(CC)CC(CC)CC)c1C.